The Morgan fingerprint density at radius 2 is 2.05 bits per heavy atom. The molecule has 3 atom stereocenters. The highest BCUT2D eigenvalue weighted by Crippen LogP contribution is 2.43. The number of nitrogens with two attached hydrogens (primary N) is 1. The number of ether oxygens (including phenoxy) is 1. The van der Waals surface area contributed by atoms with Gasteiger partial charge in [0.15, 0.2) is 0 Å². The van der Waals surface area contributed by atoms with Crippen molar-refractivity contribution in [2.75, 3.05) is 6.61 Å². The molecule has 0 aliphatic heterocycles. The molecule has 1 aromatic carbocycles. The van der Waals surface area contributed by atoms with Crippen molar-refractivity contribution in [2.45, 2.75) is 51.2 Å². The Kier molecular flexibility index (Phi) is 4.76. The van der Waals surface area contributed by atoms with Gasteiger partial charge in [0.2, 0.25) is 0 Å². The lowest BCUT2D eigenvalue weighted by molar-refractivity contribution is -0.0949. The predicted molar refractivity (Wildman–Crippen MR) is 75.3 cm³/mol. The summed E-state index contributed by atoms with van der Waals surface area (Å²) in [6.07, 6.45) is 3.59. The van der Waals surface area contributed by atoms with Crippen molar-refractivity contribution in [3.63, 3.8) is 0 Å². The van der Waals surface area contributed by atoms with Crippen LogP contribution in [0.25, 0.3) is 0 Å². The largest absolute Gasteiger partial charge is 0.373 e. The maximum atomic E-state index is 14.0. The standard InChI is InChI=1S/C16H23F2NO/c1-3-20-16(9-5-6-11(2)10-16)15(19)14-12(17)7-4-8-13(14)18/h4,7-8,11,15H,3,5-6,9-10,19H2,1-2H3. The molecule has 1 aliphatic rings. The van der Waals surface area contributed by atoms with Gasteiger partial charge < -0.3 is 10.5 Å². The molecule has 0 aromatic heterocycles. The number of hydrogen-bond acceptors (Lipinski definition) is 2. The molecule has 0 bridgehead atoms. The van der Waals surface area contributed by atoms with E-state index >= 15 is 0 Å². The molecule has 2 N–H and O–H groups in total. The predicted octanol–water partition coefficient (Wildman–Crippen LogP) is 3.95. The molecule has 0 saturated heterocycles. The van der Waals surface area contributed by atoms with Crippen molar-refractivity contribution in [1.29, 1.82) is 0 Å². The highest BCUT2D eigenvalue weighted by Gasteiger charge is 2.43. The van der Waals surface area contributed by atoms with Crippen molar-refractivity contribution < 1.29 is 13.5 Å². The number of hydrogen-bond donors (Lipinski definition) is 1. The first-order chi connectivity index (χ1) is 9.50. The van der Waals surface area contributed by atoms with Crippen LogP contribution in [0.1, 0.15) is 51.1 Å². The van der Waals surface area contributed by atoms with Crippen LogP contribution in [0.15, 0.2) is 18.2 Å². The maximum Gasteiger partial charge on any atom is 0.131 e. The molecule has 2 nitrogen and oxygen atoms in total. The summed E-state index contributed by atoms with van der Waals surface area (Å²) in [5.41, 5.74) is 5.55. The molecule has 4 heteroatoms. The van der Waals surface area contributed by atoms with Crippen molar-refractivity contribution in [3.8, 4) is 0 Å². The van der Waals surface area contributed by atoms with Gasteiger partial charge in [-0.05, 0) is 37.8 Å². The van der Waals surface area contributed by atoms with Gasteiger partial charge in [-0.25, -0.2) is 8.78 Å². The monoisotopic (exact) mass is 283 g/mol. The zero-order valence-corrected chi connectivity index (χ0v) is 12.2. The van der Waals surface area contributed by atoms with Crippen LogP contribution in [0.5, 0.6) is 0 Å². The topological polar surface area (TPSA) is 35.2 Å². The second-order valence-corrected chi connectivity index (χ2v) is 5.81. The van der Waals surface area contributed by atoms with Gasteiger partial charge in [0.05, 0.1) is 11.6 Å². The number of rotatable bonds is 4. The molecular formula is C16H23F2NO. The molecule has 0 heterocycles. The third-order valence-corrected chi connectivity index (χ3v) is 4.30. The SMILES string of the molecule is CCOC1(C(N)c2c(F)cccc2F)CCCC(C)C1. The fourth-order valence-electron chi connectivity index (χ4n) is 3.41. The van der Waals surface area contributed by atoms with Gasteiger partial charge in [-0.3, -0.25) is 0 Å². The zero-order valence-electron chi connectivity index (χ0n) is 12.2. The summed E-state index contributed by atoms with van der Waals surface area (Å²) in [5.74, 6) is -0.721. The zero-order chi connectivity index (χ0) is 14.8. The van der Waals surface area contributed by atoms with E-state index in [2.05, 4.69) is 6.92 Å². The Balaban J connectivity index is 2.38. The Bertz CT molecular complexity index is 442. The van der Waals surface area contributed by atoms with Crippen LogP contribution in [0.4, 0.5) is 8.78 Å². The fraction of sp³-hybridized carbons (Fsp3) is 0.625. The van der Waals surface area contributed by atoms with Gasteiger partial charge in [-0.2, -0.15) is 0 Å². The molecule has 0 amide bonds. The molecular weight excluding hydrogens is 260 g/mol. The van der Waals surface area contributed by atoms with E-state index in [0.29, 0.717) is 12.5 Å². The molecule has 1 fully saturated rings. The minimum atomic E-state index is -0.772. The first-order valence-electron chi connectivity index (χ1n) is 7.33. The van der Waals surface area contributed by atoms with Crippen LogP contribution in [-0.2, 0) is 4.74 Å². The van der Waals surface area contributed by atoms with Crippen LogP contribution >= 0.6 is 0 Å². The molecule has 20 heavy (non-hydrogen) atoms. The quantitative estimate of drug-likeness (QED) is 0.908. The Morgan fingerprint density at radius 1 is 1.40 bits per heavy atom. The molecule has 3 unspecified atom stereocenters. The highest BCUT2D eigenvalue weighted by molar-refractivity contribution is 5.26. The summed E-state index contributed by atoms with van der Waals surface area (Å²) in [7, 11) is 0. The van der Waals surface area contributed by atoms with E-state index in [9.17, 15) is 8.78 Å². The first kappa shape index (κ1) is 15.4. The first-order valence-corrected chi connectivity index (χ1v) is 7.33. The van der Waals surface area contributed by atoms with Crippen LogP contribution in [0, 0.1) is 17.6 Å². The lowest BCUT2D eigenvalue weighted by atomic mass is 9.73. The van der Waals surface area contributed by atoms with Crippen molar-refractivity contribution in [1.82, 2.24) is 0 Å². The highest BCUT2D eigenvalue weighted by atomic mass is 19.1. The summed E-state index contributed by atoms with van der Waals surface area (Å²) in [5, 5.41) is 0. The van der Waals surface area contributed by atoms with Gasteiger partial charge in [0.25, 0.3) is 0 Å². The maximum absolute atomic E-state index is 14.0. The normalized spacial score (nSPS) is 28.4. The van der Waals surface area contributed by atoms with E-state index in [1.165, 1.54) is 18.2 Å². The van der Waals surface area contributed by atoms with Gasteiger partial charge in [-0.1, -0.05) is 25.8 Å². The van der Waals surface area contributed by atoms with Gasteiger partial charge in [0.1, 0.15) is 11.6 Å². The lowest BCUT2D eigenvalue weighted by Gasteiger charge is -2.44. The molecule has 1 aliphatic carbocycles. The lowest BCUT2D eigenvalue weighted by Crippen LogP contribution is -2.47. The Labute approximate surface area is 119 Å². The summed E-state index contributed by atoms with van der Waals surface area (Å²) in [6.45, 7) is 4.53. The van der Waals surface area contributed by atoms with E-state index in [1.807, 2.05) is 6.92 Å². The van der Waals surface area contributed by atoms with E-state index in [1.54, 1.807) is 0 Å². The van der Waals surface area contributed by atoms with Gasteiger partial charge >= 0.3 is 0 Å². The summed E-state index contributed by atoms with van der Waals surface area (Å²) in [6, 6.07) is 3.10. The van der Waals surface area contributed by atoms with Crippen molar-refractivity contribution in [3.05, 3.63) is 35.4 Å². The molecule has 1 saturated carbocycles. The van der Waals surface area contributed by atoms with E-state index < -0.39 is 23.3 Å². The minimum Gasteiger partial charge on any atom is -0.373 e. The molecule has 0 radical (unpaired) electrons. The summed E-state index contributed by atoms with van der Waals surface area (Å²) < 4.78 is 33.9. The molecule has 1 aromatic rings. The minimum absolute atomic E-state index is 0.0462. The molecule has 2 rings (SSSR count). The summed E-state index contributed by atoms with van der Waals surface area (Å²) in [4.78, 5) is 0. The summed E-state index contributed by atoms with van der Waals surface area (Å²) >= 11 is 0. The Hall–Kier alpha value is -1.00. The van der Waals surface area contributed by atoms with E-state index in [4.69, 9.17) is 10.5 Å². The van der Waals surface area contributed by atoms with Gasteiger partial charge in [-0.15, -0.1) is 0 Å². The van der Waals surface area contributed by atoms with Crippen LogP contribution < -0.4 is 5.73 Å². The average molecular weight is 283 g/mol. The third kappa shape index (κ3) is 2.86. The molecule has 0 spiro atoms. The van der Waals surface area contributed by atoms with Gasteiger partial charge in [0, 0.05) is 12.2 Å². The van der Waals surface area contributed by atoms with Crippen LogP contribution in [0.3, 0.4) is 0 Å². The van der Waals surface area contributed by atoms with Crippen molar-refractivity contribution in [2.24, 2.45) is 11.7 Å². The number of halogens is 2. The second kappa shape index (κ2) is 6.19. The average Bonchev–Trinajstić information content (AvgIpc) is 2.38. The molecule has 112 valence electrons. The third-order valence-electron chi connectivity index (χ3n) is 4.30. The van der Waals surface area contributed by atoms with Crippen LogP contribution in [-0.4, -0.2) is 12.2 Å². The van der Waals surface area contributed by atoms with E-state index in [0.717, 1.165) is 25.7 Å². The van der Waals surface area contributed by atoms with Crippen LogP contribution in [0.2, 0.25) is 0 Å². The Morgan fingerprint density at radius 3 is 2.60 bits per heavy atom. The van der Waals surface area contributed by atoms with Crippen molar-refractivity contribution >= 4 is 0 Å². The van der Waals surface area contributed by atoms with E-state index in [-0.39, 0.29) is 5.56 Å². The smallest absolute Gasteiger partial charge is 0.131 e. The number of benzene rings is 1. The second-order valence-electron chi connectivity index (χ2n) is 5.81. The fourth-order valence-corrected chi connectivity index (χ4v) is 3.41.